The van der Waals surface area contributed by atoms with Gasteiger partial charge in [-0.1, -0.05) is 36.5 Å². The van der Waals surface area contributed by atoms with Crippen LogP contribution in [0.3, 0.4) is 0 Å². The van der Waals surface area contributed by atoms with Crippen molar-refractivity contribution in [3.8, 4) is 0 Å². The Morgan fingerprint density at radius 3 is 2.52 bits per heavy atom. The second-order valence-electron chi connectivity index (χ2n) is 6.93. The van der Waals surface area contributed by atoms with Gasteiger partial charge in [-0.15, -0.1) is 0 Å². The highest BCUT2D eigenvalue weighted by Gasteiger charge is 2.23. The third kappa shape index (κ3) is 4.30. The predicted molar refractivity (Wildman–Crippen MR) is 111 cm³/mol. The number of benzene rings is 1. The smallest absolute Gasteiger partial charge is 0.250 e. The van der Waals surface area contributed by atoms with Crippen LogP contribution in [-0.4, -0.2) is 20.9 Å². The van der Waals surface area contributed by atoms with Gasteiger partial charge in [0.1, 0.15) is 0 Å². The van der Waals surface area contributed by atoms with Crippen molar-refractivity contribution in [1.82, 2.24) is 4.98 Å². The molecule has 1 heterocycles. The molecular formula is C21H21N3O2S. The maximum absolute atomic E-state index is 12.0. The van der Waals surface area contributed by atoms with Gasteiger partial charge in [-0.05, 0) is 48.8 Å². The average molecular weight is 379 g/mol. The van der Waals surface area contributed by atoms with Crippen molar-refractivity contribution in [1.29, 1.82) is 0 Å². The topological polar surface area (TPSA) is 88.2 Å². The van der Waals surface area contributed by atoms with Gasteiger partial charge in [0.15, 0.2) is 0 Å². The summed E-state index contributed by atoms with van der Waals surface area (Å²) in [6, 6.07) is 11.2. The monoisotopic (exact) mass is 379 g/mol. The highest BCUT2D eigenvalue weighted by atomic mass is 32.1. The van der Waals surface area contributed by atoms with Gasteiger partial charge in [0.25, 0.3) is 5.91 Å². The lowest BCUT2D eigenvalue weighted by atomic mass is 9.89. The van der Waals surface area contributed by atoms with Gasteiger partial charge in [0, 0.05) is 17.5 Å². The van der Waals surface area contributed by atoms with Gasteiger partial charge in [0.05, 0.1) is 28.8 Å². The number of pyridine rings is 1. The number of nitrogens with one attached hydrogen (secondary N) is 1. The van der Waals surface area contributed by atoms with E-state index in [0.29, 0.717) is 22.6 Å². The Morgan fingerprint density at radius 1 is 1.26 bits per heavy atom. The summed E-state index contributed by atoms with van der Waals surface area (Å²) in [7, 11) is 0. The number of anilines is 1. The second-order valence-corrected chi connectivity index (χ2v) is 7.42. The molecule has 0 radical (unpaired) electrons. The Morgan fingerprint density at radius 2 is 1.96 bits per heavy atom. The van der Waals surface area contributed by atoms with E-state index in [9.17, 15) is 9.90 Å². The van der Waals surface area contributed by atoms with Crippen molar-refractivity contribution in [3.05, 3.63) is 77.3 Å². The lowest BCUT2D eigenvalue weighted by Crippen LogP contribution is -2.24. The van der Waals surface area contributed by atoms with Crippen molar-refractivity contribution >= 4 is 34.3 Å². The van der Waals surface area contributed by atoms with E-state index in [-0.39, 0.29) is 0 Å². The first-order valence-electron chi connectivity index (χ1n) is 8.54. The molecule has 0 bridgehead atoms. The second kappa shape index (κ2) is 7.42. The predicted octanol–water partition coefficient (Wildman–Crippen LogP) is 3.32. The normalized spacial score (nSPS) is 14.8. The van der Waals surface area contributed by atoms with E-state index in [4.69, 9.17) is 18.0 Å². The molecule has 1 aromatic heterocycles. The van der Waals surface area contributed by atoms with Crippen LogP contribution in [0.25, 0.3) is 5.57 Å². The van der Waals surface area contributed by atoms with Crippen molar-refractivity contribution < 1.29 is 9.90 Å². The standard InChI is InChI=1S/C21H21N3O2S/c1-21(2,26)15-7-5-13(6-8-15)14-10-17(20(22)25)19(18(27)11-14)24-16-4-3-9-23-12-16/h3-10,12,24,26H,11H2,1-2H3,(H2,22,25). The van der Waals surface area contributed by atoms with Crippen molar-refractivity contribution in [3.63, 3.8) is 0 Å². The number of amides is 1. The molecule has 1 aliphatic rings. The SMILES string of the molecule is CC(C)(O)c1ccc(C2=CC(C(N)=O)=C(Nc3cccnc3)C(=S)C2)cc1. The maximum Gasteiger partial charge on any atom is 0.250 e. The summed E-state index contributed by atoms with van der Waals surface area (Å²) in [6.45, 7) is 3.47. The lowest BCUT2D eigenvalue weighted by Gasteiger charge is -2.22. The van der Waals surface area contributed by atoms with Crippen LogP contribution in [0, 0.1) is 0 Å². The van der Waals surface area contributed by atoms with Crippen LogP contribution in [0.5, 0.6) is 0 Å². The third-order valence-corrected chi connectivity index (χ3v) is 4.72. The minimum atomic E-state index is -0.909. The van der Waals surface area contributed by atoms with Crippen LogP contribution in [0.1, 0.15) is 31.4 Å². The fourth-order valence-electron chi connectivity index (χ4n) is 2.90. The van der Waals surface area contributed by atoms with Crippen LogP contribution in [0.2, 0.25) is 0 Å². The molecule has 0 saturated carbocycles. The number of aliphatic hydroxyl groups is 1. The summed E-state index contributed by atoms with van der Waals surface area (Å²) in [4.78, 5) is 16.7. The number of thiocarbonyl (C=S) groups is 1. The maximum atomic E-state index is 12.0. The summed E-state index contributed by atoms with van der Waals surface area (Å²) >= 11 is 5.56. The molecule has 1 aliphatic carbocycles. The van der Waals surface area contributed by atoms with Crippen LogP contribution < -0.4 is 11.1 Å². The molecule has 4 N–H and O–H groups in total. The Balaban J connectivity index is 1.98. The number of carbonyl (C=O) groups excluding carboxylic acids is 1. The minimum Gasteiger partial charge on any atom is -0.386 e. The lowest BCUT2D eigenvalue weighted by molar-refractivity contribution is -0.114. The van der Waals surface area contributed by atoms with E-state index >= 15 is 0 Å². The largest absolute Gasteiger partial charge is 0.386 e. The minimum absolute atomic E-state index is 0.344. The van der Waals surface area contributed by atoms with Gasteiger partial charge in [-0.2, -0.15) is 0 Å². The number of primary amides is 1. The number of nitrogens with zero attached hydrogens (tertiary/aromatic N) is 1. The molecule has 3 rings (SSSR count). The third-order valence-electron chi connectivity index (χ3n) is 4.38. The molecular weight excluding hydrogens is 358 g/mol. The van der Waals surface area contributed by atoms with Crippen molar-refractivity contribution in [2.45, 2.75) is 25.9 Å². The molecule has 2 aromatic rings. The van der Waals surface area contributed by atoms with E-state index in [1.807, 2.05) is 30.3 Å². The molecule has 1 amide bonds. The van der Waals surface area contributed by atoms with E-state index < -0.39 is 11.5 Å². The average Bonchev–Trinajstić information content (AvgIpc) is 2.63. The van der Waals surface area contributed by atoms with Gasteiger partial charge < -0.3 is 16.2 Å². The zero-order valence-electron chi connectivity index (χ0n) is 15.2. The molecule has 5 nitrogen and oxygen atoms in total. The first-order chi connectivity index (χ1) is 12.8. The highest BCUT2D eigenvalue weighted by Crippen LogP contribution is 2.31. The number of rotatable bonds is 5. The molecule has 6 heteroatoms. The summed E-state index contributed by atoms with van der Waals surface area (Å²) in [5, 5.41) is 13.3. The number of allylic oxidation sites excluding steroid dienone is 2. The van der Waals surface area contributed by atoms with Gasteiger partial charge in [0.2, 0.25) is 0 Å². The summed E-state index contributed by atoms with van der Waals surface area (Å²) in [5.41, 5.74) is 8.98. The highest BCUT2D eigenvalue weighted by molar-refractivity contribution is 7.81. The first kappa shape index (κ1) is 18.9. The number of hydrogen-bond donors (Lipinski definition) is 3. The summed E-state index contributed by atoms with van der Waals surface area (Å²) in [5.74, 6) is -0.547. The molecule has 1 aromatic carbocycles. The van der Waals surface area contributed by atoms with Crippen LogP contribution >= 0.6 is 12.2 Å². The van der Waals surface area contributed by atoms with Crippen molar-refractivity contribution in [2.75, 3.05) is 5.32 Å². The molecule has 0 saturated heterocycles. The number of aromatic nitrogens is 1. The van der Waals surface area contributed by atoms with Gasteiger partial charge >= 0.3 is 0 Å². The zero-order chi connectivity index (χ0) is 19.6. The van der Waals surface area contributed by atoms with Crippen molar-refractivity contribution in [2.24, 2.45) is 5.73 Å². The van der Waals surface area contributed by atoms with Crippen LogP contribution in [0.4, 0.5) is 5.69 Å². The fraction of sp³-hybridized carbons (Fsp3) is 0.190. The van der Waals surface area contributed by atoms with Gasteiger partial charge in [-0.3, -0.25) is 9.78 Å². The van der Waals surface area contributed by atoms with Crippen LogP contribution in [0.15, 0.2) is 66.1 Å². The van der Waals surface area contributed by atoms with E-state index in [1.54, 1.807) is 38.4 Å². The first-order valence-corrected chi connectivity index (χ1v) is 8.95. The molecule has 0 aliphatic heterocycles. The van der Waals surface area contributed by atoms with E-state index in [0.717, 1.165) is 22.4 Å². The summed E-state index contributed by atoms with van der Waals surface area (Å²) in [6.07, 6.45) is 5.61. The van der Waals surface area contributed by atoms with Gasteiger partial charge in [-0.25, -0.2) is 0 Å². The number of carbonyl (C=O) groups is 1. The molecule has 0 atom stereocenters. The number of nitrogens with two attached hydrogens (primary N) is 1. The summed E-state index contributed by atoms with van der Waals surface area (Å²) < 4.78 is 0. The molecule has 0 spiro atoms. The Labute approximate surface area is 163 Å². The molecule has 138 valence electrons. The molecule has 0 fully saturated rings. The van der Waals surface area contributed by atoms with Crippen LogP contribution in [-0.2, 0) is 10.4 Å². The Kier molecular flexibility index (Phi) is 5.21. The Bertz CT molecular complexity index is 940. The number of hydrogen-bond acceptors (Lipinski definition) is 5. The zero-order valence-corrected chi connectivity index (χ0v) is 16.0. The van der Waals surface area contributed by atoms with E-state index in [2.05, 4.69) is 10.3 Å². The quantitative estimate of drug-likeness (QED) is 0.694. The Hall–Kier alpha value is -2.83. The molecule has 0 unspecified atom stereocenters. The molecule has 27 heavy (non-hydrogen) atoms. The van der Waals surface area contributed by atoms with E-state index in [1.165, 1.54) is 0 Å². The fourth-order valence-corrected chi connectivity index (χ4v) is 3.22.